The smallest absolute Gasteiger partial charge is 0.290 e. The van der Waals surface area contributed by atoms with Crippen molar-refractivity contribution >= 4 is 35.3 Å². The van der Waals surface area contributed by atoms with Gasteiger partial charge in [0.25, 0.3) is 17.7 Å². The van der Waals surface area contributed by atoms with Crippen LogP contribution in [-0.2, 0) is 24.0 Å². The average molecular weight is 724 g/mol. The van der Waals surface area contributed by atoms with Crippen LogP contribution in [0.3, 0.4) is 0 Å². The number of hydrogen-bond donors (Lipinski definition) is 4. The van der Waals surface area contributed by atoms with Crippen molar-refractivity contribution in [2.75, 3.05) is 6.54 Å². The van der Waals surface area contributed by atoms with Crippen molar-refractivity contribution in [3.05, 3.63) is 71.4 Å². The highest BCUT2D eigenvalue weighted by Gasteiger charge is 2.67. The molecule has 1 aromatic heterocycles. The SMILES string of the molecule is C[C@H](NC(=O)C(=O)[C@H]1NC(=O)[C@@H]2[C@H]3C4C(CC41)C[C@H]3CN2C(=O)[C@@H](NC(=O)C(NC(=O)c1cnccn1)=C1CCCCC1)C(C)(C)C)c1ccccc1. The van der Waals surface area contributed by atoms with Crippen molar-refractivity contribution in [3.63, 3.8) is 0 Å². The zero-order valence-electron chi connectivity index (χ0n) is 30.8. The second-order valence-corrected chi connectivity index (χ2v) is 16.6. The van der Waals surface area contributed by atoms with Gasteiger partial charge in [0, 0.05) is 18.9 Å². The lowest BCUT2D eigenvalue weighted by molar-refractivity contribution is -0.145. The molecule has 13 heteroatoms. The zero-order valence-corrected chi connectivity index (χ0v) is 30.8. The Balaban J connectivity index is 1.11. The van der Waals surface area contributed by atoms with Crippen LogP contribution in [0.15, 0.2) is 60.2 Å². The van der Waals surface area contributed by atoms with Gasteiger partial charge in [-0.25, -0.2) is 4.98 Å². The van der Waals surface area contributed by atoms with Crippen LogP contribution < -0.4 is 21.3 Å². The van der Waals surface area contributed by atoms with E-state index in [1.807, 2.05) is 58.0 Å². The summed E-state index contributed by atoms with van der Waals surface area (Å²) < 4.78 is 0. The fourth-order valence-corrected chi connectivity index (χ4v) is 9.66. The lowest BCUT2D eigenvalue weighted by atomic mass is 9.60. The molecule has 3 unspecified atom stereocenters. The summed E-state index contributed by atoms with van der Waals surface area (Å²) in [6.07, 6.45) is 9.83. The van der Waals surface area contributed by atoms with Crippen LogP contribution in [0, 0.1) is 35.0 Å². The first kappa shape index (κ1) is 36.4. The maximum atomic E-state index is 14.7. The van der Waals surface area contributed by atoms with E-state index < -0.39 is 59.0 Å². The third kappa shape index (κ3) is 6.97. The Morgan fingerprint density at radius 1 is 0.906 bits per heavy atom. The van der Waals surface area contributed by atoms with Gasteiger partial charge in [-0.2, -0.15) is 0 Å². The first-order valence-electron chi connectivity index (χ1n) is 18.9. The van der Waals surface area contributed by atoms with Gasteiger partial charge < -0.3 is 26.2 Å². The lowest BCUT2D eigenvalue weighted by Crippen LogP contribution is -2.59. The molecule has 2 saturated heterocycles. The van der Waals surface area contributed by atoms with E-state index in [2.05, 4.69) is 31.2 Å². The highest BCUT2D eigenvalue weighted by molar-refractivity contribution is 6.38. The minimum absolute atomic E-state index is 0.0247. The minimum Gasteiger partial charge on any atom is -0.344 e. The van der Waals surface area contributed by atoms with Gasteiger partial charge in [-0.15, -0.1) is 0 Å². The maximum Gasteiger partial charge on any atom is 0.290 e. The monoisotopic (exact) mass is 723 g/mol. The van der Waals surface area contributed by atoms with Crippen LogP contribution in [0.4, 0.5) is 0 Å². The van der Waals surface area contributed by atoms with E-state index in [0.29, 0.717) is 25.3 Å². The molecule has 0 spiro atoms. The summed E-state index contributed by atoms with van der Waals surface area (Å²) in [6.45, 7) is 7.74. The summed E-state index contributed by atoms with van der Waals surface area (Å²) in [6, 6.07) is 6.12. The Hall–Kier alpha value is -4.94. The van der Waals surface area contributed by atoms with Gasteiger partial charge >= 0.3 is 0 Å². The number of nitrogens with zero attached hydrogens (tertiary/aromatic N) is 3. The number of hydrogen-bond acceptors (Lipinski definition) is 8. The van der Waals surface area contributed by atoms with E-state index in [4.69, 9.17) is 0 Å². The van der Waals surface area contributed by atoms with Crippen molar-refractivity contribution in [3.8, 4) is 0 Å². The standard InChI is InChI=1S/C40H49N7O6/c1-21(22-11-7-5-8-12-22)43-38(52)33(48)31-26-18-24-17-25-20-47(32(37(51)45-31)29(25)28(24)26)39(53)34(40(2,3)4)46-36(50)30(23-13-9-6-10-14-23)44-35(49)27-19-41-15-16-42-27/h5,7-8,11-12,15-16,19,21,24-26,28-29,31-32,34H,6,9-10,13-14,17-18,20H2,1-4H3,(H,43,52)(H,44,49)(H,45,51)(H,46,50)/t21-,24?,25-,26?,28?,29+,31-,32-,34+/m0/s1. The van der Waals surface area contributed by atoms with Crippen molar-refractivity contribution in [1.82, 2.24) is 36.1 Å². The van der Waals surface area contributed by atoms with Gasteiger partial charge in [-0.1, -0.05) is 57.5 Å². The topological polar surface area (TPSA) is 180 Å². The predicted octanol–water partition coefficient (Wildman–Crippen LogP) is 3.00. The molecule has 5 amide bonds. The average Bonchev–Trinajstić information content (AvgIpc) is 3.59. The highest BCUT2D eigenvalue weighted by Crippen LogP contribution is 2.62. The Morgan fingerprint density at radius 3 is 2.32 bits per heavy atom. The van der Waals surface area contributed by atoms with Crippen molar-refractivity contribution < 1.29 is 28.8 Å². The molecule has 7 rings (SSSR count). The number of carbonyl (C=O) groups excluding carboxylic acids is 6. The second kappa shape index (κ2) is 14.5. The number of ketones is 1. The molecule has 5 fully saturated rings. The molecule has 4 N–H and O–H groups in total. The quantitative estimate of drug-likeness (QED) is 0.225. The van der Waals surface area contributed by atoms with Crippen LogP contribution in [0.5, 0.6) is 0 Å². The first-order valence-corrected chi connectivity index (χ1v) is 18.9. The number of allylic oxidation sites excluding steroid dienone is 1. The summed E-state index contributed by atoms with van der Waals surface area (Å²) >= 11 is 0. The van der Waals surface area contributed by atoms with E-state index in [1.165, 1.54) is 18.6 Å². The second-order valence-electron chi connectivity index (χ2n) is 16.6. The molecule has 0 radical (unpaired) electrons. The Labute approximate surface area is 309 Å². The predicted molar refractivity (Wildman–Crippen MR) is 193 cm³/mol. The largest absolute Gasteiger partial charge is 0.344 e. The van der Waals surface area contributed by atoms with Gasteiger partial charge in [0.05, 0.1) is 12.2 Å². The summed E-state index contributed by atoms with van der Waals surface area (Å²) in [5.41, 5.74) is 1.09. The molecule has 5 aliphatic rings. The lowest BCUT2D eigenvalue weighted by Gasteiger charge is -2.45. The number of amides is 5. The van der Waals surface area contributed by atoms with Crippen LogP contribution in [-0.4, -0.2) is 74.9 Å². The van der Waals surface area contributed by atoms with Crippen molar-refractivity contribution in [2.45, 2.75) is 96.8 Å². The molecule has 2 aliphatic heterocycles. The van der Waals surface area contributed by atoms with E-state index in [0.717, 1.165) is 43.2 Å². The molecule has 3 aliphatic carbocycles. The molecular formula is C40H49N7O6. The number of aromatic nitrogens is 2. The molecule has 1 aromatic carbocycles. The number of Topliss-reactive ketones (excluding diaryl/α,β-unsaturated/α-hetero) is 1. The number of carbonyl (C=O) groups is 6. The molecule has 13 nitrogen and oxygen atoms in total. The normalized spacial score (nSPS) is 28.3. The van der Waals surface area contributed by atoms with Crippen LogP contribution >= 0.6 is 0 Å². The van der Waals surface area contributed by atoms with Gasteiger partial charge in [0.2, 0.25) is 17.6 Å². The van der Waals surface area contributed by atoms with Crippen LogP contribution in [0.2, 0.25) is 0 Å². The fourth-order valence-electron chi connectivity index (χ4n) is 9.66. The number of benzene rings is 1. The zero-order chi connectivity index (χ0) is 37.6. The van der Waals surface area contributed by atoms with Gasteiger partial charge in [-0.05, 0) is 91.6 Å². The number of rotatable bonds is 9. The van der Waals surface area contributed by atoms with Crippen molar-refractivity contribution in [1.29, 1.82) is 0 Å². The Morgan fingerprint density at radius 2 is 1.64 bits per heavy atom. The number of likely N-dealkylation sites (tertiary alicyclic amines) is 1. The maximum absolute atomic E-state index is 14.7. The van der Waals surface area contributed by atoms with E-state index in [9.17, 15) is 28.8 Å². The van der Waals surface area contributed by atoms with E-state index in [-0.39, 0.29) is 41.0 Å². The molecule has 280 valence electrons. The van der Waals surface area contributed by atoms with Gasteiger partial charge in [0.15, 0.2) is 0 Å². The molecule has 9 atom stereocenters. The van der Waals surface area contributed by atoms with E-state index in [1.54, 1.807) is 4.90 Å². The van der Waals surface area contributed by atoms with E-state index >= 15 is 0 Å². The number of nitrogens with one attached hydrogen (secondary N) is 4. The summed E-state index contributed by atoms with van der Waals surface area (Å²) in [5.74, 6) is -3.30. The molecule has 2 aromatic rings. The Kier molecular flexibility index (Phi) is 9.94. The Bertz CT molecular complexity index is 1820. The summed E-state index contributed by atoms with van der Waals surface area (Å²) in [7, 11) is 0. The molecule has 3 heterocycles. The van der Waals surface area contributed by atoms with Gasteiger partial charge in [0.1, 0.15) is 29.5 Å². The third-order valence-corrected chi connectivity index (χ3v) is 12.2. The first-order chi connectivity index (χ1) is 25.3. The molecule has 3 saturated carbocycles. The molecule has 0 bridgehead atoms. The van der Waals surface area contributed by atoms with Crippen LogP contribution in [0.1, 0.15) is 94.7 Å². The summed E-state index contributed by atoms with van der Waals surface area (Å²) in [5, 5.41) is 11.5. The van der Waals surface area contributed by atoms with Crippen LogP contribution in [0.25, 0.3) is 0 Å². The third-order valence-electron chi connectivity index (χ3n) is 12.2. The summed E-state index contributed by atoms with van der Waals surface area (Å²) in [4.78, 5) is 93.0. The fraction of sp³-hybridized carbons (Fsp3) is 0.550. The van der Waals surface area contributed by atoms with Gasteiger partial charge in [-0.3, -0.25) is 33.8 Å². The molecule has 53 heavy (non-hydrogen) atoms. The molecular weight excluding hydrogens is 674 g/mol. The van der Waals surface area contributed by atoms with Crippen molar-refractivity contribution in [2.24, 2.45) is 35.0 Å². The minimum atomic E-state index is -1.03. The highest BCUT2D eigenvalue weighted by atomic mass is 16.2.